The fourth-order valence-corrected chi connectivity index (χ4v) is 5.61. The Labute approximate surface area is 192 Å². The van der Waals surface area contributed by atoms with E-state index in [0.29, 0.717) is 57.2 Å². The van der Waals surface area contributed by atoms with Crippen molar-refractivity contribution in [3.05, 3.63) is 24.3 Å². The number of benzene rings is 1. The average Bonchev–Trinajstić information content (AvgIpc) is 3.10. The summed E-state index contributed by atoms with van der Waals surface area (Å²) >= 11 is 0. The van der Waals surface area contributed by atoms with Crippen molar-refractivity contribution in [2.24, 2.45) is 5.41 Å². The van der Waals surface area contributed by atoms with Crippen molar-refractivity contribution >= 4 is 17.6 Å². The van der Waals surface area contributed by atoms with Crippen molar-refractivity contribution in [3.8, 4) is 5.75 Å². The number of anilines is 1. The summed E-state index contributed by atoms with van der Waals surface area (Å²) in [6.07, 6.45) is 2.90. The van der Waals surface area contributed by atoms with Crippen molar-refractivity contribution in [2.45, 2.75) is 70.7 Å². The van der Waals surface area contributed by atoms with E-state index in [9.17, 15) is 22.8 Å². The fourth-order valence-electron chi connectivity index (χ4n) is 5.61. The Morgan fingerprint density at radius 2 is 1.67 bits per heavy atom. The van der Waals surface area contributed by atoms with E-state index in [2.05, 4.69) is 4.74 Å². The third kappa shape index (κ3) is 5.06. The first kappa shape index (κ1) is 23.7. The molecular weight excluding hydrogens is 435 g/mol. The third-order valence-corrected chi connectivity index (χ3v) is 7.49. The number of hydrogen-bond donors (Lipinski definition) is 0. The summed E-state index contributed by atoms with van der Waals surface area (Å²) in [5.41, 5.74) is 0.0687. The summed E-state index contributed by atoms with van der Waals surface area (Å²) in [5, 5.41) is 0. The highest BCUT2D eigenvalue weighted by Gasteiger charge is 2.49. The number of carbonyl (C=O) groups excluding carboxylic acids is 2. The topological polar surface area (TPSA) is 53.1 Å². The van der Waals surface area contributed by atoms with Gasteiger partial charge in [0.1, 0.15) is 5.75 Å². The summed E-state index contributed by atoms with van der Waals surface area (Å²) in [7, 11) is 0. The maximum atomic E-state index is 13.3. The number of amides is 3. The van der Waals surface area contributed by atoms with Crippen LogP contribution in [0.3, 0.4) is 0 Å². The van der Waals surface area contributed by atoms with Crippen molar-refractivity contribution in [2.75, 3.05) is 31.1 Å². The van der Waals surface area contributed by atoms with Gasteiger partial charge in [0.15, 0.2) is 0 Å². The number of halogens is 3. The SMILES string of the molecule is CCN(C(=O)N1CCC2(CC1)CCN(c1ccc(OC(F)(F)F)cc1)C2=O)C1CCCCC1. The number of likely N-dealkylation sites (tertiary alicyclic amines) is 1. The Morgan fingerprint density at radius 3 is 2.24 bits per heavy atom. The summed E-state index contributed by atoms with van der Waals surface area (Å²) in [4.78, 5) is 32.0. The lowest BCUT2D eigenvalue weighted by molar-refractivity contribution is -0.274. The van der Waals surface area contributed by atoms with Crippen molar-refractivity contribution in [3.63, 3.8) is 0 Å². The minimum absolute atomic E-state index is 0.00119. The van der Waals surface area contributed by atoms with Gasteiger partial charge in [-0.2, -0.15) is 0 Å². The Hall–Kier alpha value is -2.45. The van der Waals surface area contributed by atoms with E-state index in [1.54, 1.807) is 4.90 Å². The van der Waals surface area contributed by atoms with Gasteiger partial charge in [0.05, 0.1) is 5.41 Å². The van der Waals surface area contributed by atoms with Crippen LogP contribution in [0.4, 0.5) is 23.7 Å². The molecule has 0 radical (unpaired) electrons. The van der Waals surface area contributed by atoms with Crippen molar-refractivity contribution in [1.82, 2.24) is 9.80 Å². The van der Waals surface area contributed by atoms with Gasteiger partial charge >= 0.3 is 12.4 Å². The zero-order valence-corrected chi connectivity index (χ0v) is 19.1. The predicted octanol–water partition coefficient (Wildman–Crippen LogP) is 5.18. The Morgan fingerprint density at radius 1 is 1.06 bits per heavy atom. The van der Waals surface area contributed by atoms with Gasteiger partial charge in [-0.3, -0.25) is 4.79 Å². The normalized spacial score (nSPS) is 21.5. The maximum absolute atomic E-state index is 13.3. The highest BCUT2D eigenvalue weighted by atomic mass is 19.4. The lowest BCUT2D eigenvalue weighted by atomic mass is 9.77. The van der Waals surface area contributed by atoms with Gasteiger partial charge in [0.25, 0.3) is 0 Å². The number of hydrogen-bond acceptors (Lipinski definition) is 3. The van der Waals surface area contributed by atoms with Crippen LogP contribution in [0.25, 0.3) is 0 Å². The minimum atomic E-state index is -4.75. The van der Waals surface area contributed by atoms with E-state index in [1.165, 1.54) is 43.5 Å². The predicted molar refractivity (Wildman–Crippen MR) is 118 cm³/mol. The highest BCUT2D eigenvalue weighted by molar-refractivity contribution is 6.00. The lowest BCUT2D eigenvalue weighted by Crippen LogP contribution is -2.53. The van der Waals surface area contributed by atoms with E-state index in [1.807, 2.05) is 16.7 Å². The molecule has 33 heavy (non-hydrogen) atoms. The number of ether oxygens (including phenoxy) is 1. The molecule has 182 valence electrons. The molecular formula is C24H32F3N3O3. The highest BCUT2D eigenvalue weighted by Crippen LogP contribution is 2.43. The quantitative estimate of drug-likeness (QED) is 0.613. The Balaban J connectivity index is 1.36. The summed E-state index contributed by atoms with van der Waals surface area (Å²) in [6, 6.07) is 5.83. The van der Waals surface area contributed by atoms with Gasteiger partial charge < -0.3 is 19.4 Å². The molecule has 0 aromatic heterocycles. The van der Waals surface area contributed by atoms with Gasteiger partial charge in [-0.15, -0.1) is 13.2 Å². The molecule has 1 aromatic rings. The first-order valence-corrected chi connectivity index (χ1v) is 12.0. The van der Waals surface area contributed by atoms with Crippen LogP contribution in [0.15, 0.2) is 24.3 Å². The Kier molecular flexibility index (Phi) is 6.77. The van der Waals surface area contributed by atoms with Crippen LogP contribution in [0.1, 0.15) is 58.3 Å². The van der Waals surface area contributed by atoms with Gasteiger partial charge in [-0.1, -0.05) is 19.3 Å². The molecule has 2 saturated heterocycles. The molecule has 0 bridgehead atoms. The molecule has 1 aromatic carbocycles. The van der Waals surface area contributed by atoms with Gasteiger partial charge in [0.2, 0.25) is 5.91 Å². The summed E-state index contributed by atoms with van der Waals surface area (Å²) < 4.78 is 41.1. The van der Waals surface area contributed by atoms with E-state index in [4.69, 9.17) is 0 Å². The third-order valence-electron chi connectivity index (χ3n) is 7.49. The van der Waals surface area contributed by atoms with Crippen LogP contribution in [0.5, 0.6) is 5.75 Å². The fraction of sp³-hybridized carbons (Fsp3) is 0.667. The molecule has 9 heteroatoms. The molecule has 1 aliphatic carbocycles. The second-order valence-corrected chi connectivity index (χ2v) is 9.38. The minimum Gasteiger partial charge on any atom is -0.406 e. The molecule has 4 rings (SSSR count). The number of carbonyl (C=O) groups is 2. The molecule has 1 saturated carbocycles. The Bertz CT molecular complexity index is 845. The second-order valence-electron chi connectivity index (χ2n) is 9.38. The smallest absolute Gasteiger partial charge is 0.406 e. The van der Waals surface area contributed by atoms with Crippen LogP contribution in [0.2, 0.25) is 0 Å². The molecule has 0 unspecified atom stereocenters. The lowest BCUT2D eigenvalue weighted by Gasteiger charge is -2.42. The molecule has 2 heterocycles. The molecule has 2 aliphatic heterocycles. The second kappa shape index (κ2) is 9.43. The van der Waals surface area contributed by atoms with Crippen LogP contribution in [-0.4, -0.2) is 60.3 Å². The zero-order chi connectivity index (χ0) is 23.6. The number of rotatable bonds is 4. The number of urea groups is 1. The zero-order valence-electron chi connectivity index (χ0n) is 19.1. The van der Waals surface area contributed by atoms with E-state index >= 15 is 0 Å². The van der Waals surface area contributed by atoms with Crippen LogP contribution >= 0.6 is 0 Å². The van der Waals surface area contributed by atoms with E-state index in [-0.39, 0.29) is 17.7 Å². The molecule has 1 spiro atoms. The van der Waals surface area contributed by atoms with Crippen LogP contribution in [0, 0.1) is 5.41 Å². The number of nitrogens with zero attached hydrogens (tertiary/aromatic N) is 3. The van der Waals surface area contributed by atoms with E-state index in [0.717, 1.165) is 12.8 Å². The standard InChI is InChI=1S/C24H32F3N3O3/c1-2-29(18-6-4-3-5-7-18)22(32)28-15-12-23(13-16-28)14-17-30(21(23)31)19-8-10-20(11-9-19)33-24(25,26)27/h8-11,18H,2-7,12-17H2,1H3. The van der Waals surface area contributed by atoms with Gasteiger partial charge in [-0.25, -0.2) is 4.79 Å². The van der Waals surface area contributed by atoms with Crippen LogP contribution < -0.4 is 9.64 Å². The molecule has 0 N–H and O–H groups in total. The summed E-state index contributed by atoms with van der Waals surface area (Å²) in [5.74, 6) is -0.309. The first-order chi connectivity index (χ1) is 15.7. The van der Waals surface area contributed by atoms with E-state index < -0.39 is 11.8 Å². The number of alkyl halides is 3. The van der Waals surface area contributed by atoms with Crippen molar-refractivity contribution in [1.29, 1.82) is 0 Å². The summed E-state index contributed by atoms with van der Waals surface area (Å²) in [6.45, 7) is 4.36. The maximum Gasteiger partial charge on any atom is 0.573 e. The largest absolute Gasteiger partial charge is 0.573 e. The van der Waals surface area contributed by atoms with Gasteiger partial charge in [-0.05, 0) is 63.3 Å². The average molecular weight is 468 g/mol. The number of piperidine rings is 1. The molecule has 3 aliphatic rings. The monoisotopic (exact) mass is 467 g/mol. The molecule has 3 fully saturated rings. The molecule has 3 amide bonds. The first-order valence-electron chi connectivity index (χ1n) is 12.0. The van der Waals surface area contributed by atoms with Crippen LogP contribution in [-0.2, 0) is 4.79 Å². The molecule has 6 nitrogen and oxygen atoms in total. The molecule has 0 atom stereocenters. The van der Waals surface area contributed by atoms with Gasteiger partial charge in [0, 0.05) is 37.9 Å². The van der Waals surface area contributed by atoms with Crippen molar-refractivity contribution < 1.29 is 27.5 Å².